The van der Waals surface area contributed by atoms with Crippen LogP contribution in [-0.4, -0.2) is 18.4 Å². The van der Waals surface area contributed by atoms with Gasteiger partial charge in [-0.15, -0.1) is 0 Å². The molecule has 0 aromatic rings. The highest BCUT2D eigenvalue weighted by Gasteiger charge is 2.53. The van der Waals surface area contributed by atoms with Crippen LogP contribution < -0.4 is 0 Å². The van der Waals surface area contributed by atoms with Crippen molar-refractivity contribution in [3.8, 4) is 0 Å². The number of hydrogen-bond donors (Lipinski definition) is 0. The van der Waals surface area contributed by atoms with E-state index in [1.165, 1.54) is 6.42 Å². The van der Waals surface area contributed by atoms with Crippen LogP contribution in [0.3, 0.4) is 0 Å². The summed E-state index contributed by atoms with van der Waals surface area (Å²) in [5.41, 5.74) is 0. The Kier molecular flexibility index (Phi) is 4.32. The Hall–Kier alpha value is -0.860. The molecule has 6 unspecified atom stereocenters. The van der Waals surface area contributed by atoms with Crippen molar-refractivity contribution in [3.63, 3.8) is 0 Å². The van der Waals surface area contributed by atoms with Crippen LogP contribution in [0.25, 0.3) is 0 Å². The normalized spacial score (nSPS) is 41.9. The van der Waals surface area contributed by atoms with Gasteiger partial charge in [0.25, 0.3) is 0 Å². The largest absolute Gasteiger partial charge is 0.462 e. The minimum absolute atomic E-state index is 0.0522. The highest BCUT2D eigenvalue weighted by Crippen LogP contribution is 2.46. The standard InChI is InChI=1S/C16H26O3/c1-9(2)12-6-5-10(3)7-14(12)19-16(18)15-11(4)13(15)8-17/h8-15H,5-7H2,1-4H3. The van der Waals surface area contributed by atoms with Crippen LogP contribution in [0.5, 0.6) is 0 Å². The quantitative estimate of drug-likeness (QED) is 0.580. The maximum absolute atomic E-state index is 12.1. The summed E-state index contributed by atoms with van der Waals surface area (Å²) >= 11 is 0. The average molecular weight is 266 g/mol. The predicted molar refractivity (Wildman–Crippen MR) is 73.4 cm³/mol. The second kappa shape index (κ2) is 5.64. The lowest BCUT2D eigenvalue weighted by Gasteiger charge is -2.36. The minimum Gasteiger partial charge on any atom is -0.462 e. The average Bonchev–Trinajstić information content (AvgIpc) is 2.99. The molecule has 0 spiro atoms. The number of ether oxygens (including phenoxy) is 1. The van der Waals surface area contributed by atoms with E-state index in [9.17, 15) is 9.59 Å². The van der Waals surface area contributed by atoms with Crippen LogP contribution in [0, 0.1) is 35.5 Å². The molecular formula is C16H26O3. The monoisotopic (exact) mass is 266 g/mol. The highest BCUT2D eigenvalue weighted by molar-refractivity contribution is 5.82. The van der Waals surface area contributed by atoms with E-state index in [1.54, 1.807) is 0 Å². The van der Waals surface area contributed by atoms with Gasteiger partial charge >= 0.3 is 5.97 Å². The summed E-state index contributed by atoms with van der Waals surface area (Å²) in [4.78, 5) is 22.9. The second-order valence-electron chi connectivity index (χ2n) is 6.90. The molecule has 2 rings (SSSR count). The maximum Gasteiger partial charge on any atom is 0.310 e. The van der Waals surface area contributed by atoms with E-state index in [2.05, 4.69) is 20.8 Å². The van der Waals surface area contributed by atoms with E-state index in [0.29, 0.717) is 17.8 Å². The number of carbonyl (C=O) groups is 2. The molecule has 2 fully saturated rings. The van der Waals surface area contributed by atoms with Crippen molar-refractivity contribution in [3.05, 3.63) is 0 Å². The lowest BCUT2D eigenvalue weighted by molar-refractivity contribution is -0.158. The Balaban J connectivity index is 1.95. The number of rotatable bonds is 4. The van der Waals surface area contributed by atoms with E-state index < -0.39 is 0 Å². The van der Waals surface area contributed by atoms with Crippen molar-refractivity contribution < 1.29 is 14.3 Å². The van der Waals surface area contributed by atoms with Crippen molar-refractivity contribution >= 4 is 12.3 Å². The fourth-order valence-corrected chi connectivity index (χ4v) is 3.55. The SMILES string of the molecule is CC1CCC(C(C)C)C(OC(=O)C2C(C)C2C=O)C1. The van der Waals surface area contributed by atoms with Gasteiger partial charge in [-0.3, -0.25) is 4.79 Å². The maximum atomic E-state index is 12.1. The molecule has 0 amide bonds. The van der Waals surface area contributed by atoms with Crippen LogP contribution in [0.1, 0.15) is 47.0 Å². The molecule has 0 bridgehead atoms. The van der Waals surface area contributed by atoms with Gasteiger partial charge in [0.2, 0.25) is 0 Å². The summed E-state index contributed by atoms with van der Waals surface area (Å²) in [7, 11) is 0. The van der Waals surface area contributed by atoms with Crippen molar-refractivity contribution in [1.82, 2.24) is 0 Å². The third-order valence-corrected chi connectivity index (χ3v) is 5.11. The zero-order chi connectivity index (χ0) is 14.2. The van der Waals surface area contributed by atoms with Gasteiger partial charge in [0.1, 0.15) is 12.4 Å². The van der Waals surface area contributed by atoms with Crippen LogP contribution in [0.2, 0.25) is 0 Å². The summed E-state index contributed by atoms with van der Waals surface area (Å²) in [6.45, 7) is 8.59. The lowest BCUT2D eigenvalue weighted by Crippen LogP contribution is -2.36. The smallest absolute Gasteiger partial charge is 0.310 e. The third-order valence-electron chi connectivity index (χ3n) is 5.11. The molecule has 6 atom stereocenters. The van der Waals surface area contributed by atoms with Crippen LogP contribution >= 0.6 is 0 Å². The Morgan fingerprint density at radius 3 is 2.47 bits per heavy atom. The topological polar surface area (TPSA) is 43.4 Å². The summed E-state index contributed by atoms with van der Waals surface area (Å²) in [6.07, 6.45) is 4.31. The first-order valence-electron chi connectivity index (χ1n) is 7.61. The van der Waals surface area contributed by atoms with Crippen LogP contribution in [-0.2, 0) is 14.3 Å². The molecule has 0 aliphatic heterocycles. The molecule has 0 aromatic carbocycles. The van der Waals surface area contributed by atoms with Crippen molar-refractivity contribution in [2.75, 3.05) is 0 Å². The molecule has 2 aliphatic rings. The first-order chi connectivity index (χ1) is 8.95. The molecule has 108 valence electrons. The number of aldehydes is 1. The molecule has 0 N–H and O–H groups in total. The molecule has 3 nitrogen and oxygen atoms in total. The van der Waals surface area contributed by atoms with Crippen molar-refractivity contribution in [2.45, 2.75) is 53.1 Å². The second-order valence-corrected chi connectivity index (χ2v) is 6.90. The van der Waals surface area contributed by atoms with E-state index >= 15 is 0 Å². The van der Waals surface area contributed by atoms with Gasteiger partial charge in [0.05, 0.1) is 5.92 Å². The predicted octanol–water partition coefficient (Wildman–Crippen LogP) is 3.07. The first kappa shape index (κ1) is 14.5. The molecular weight excluding hydrogens is 240 g/mol. The minimum atomic E-state index is -0.178. The Morgan fingerprint density at radius 1 is 1.26 bits per heavy atom. The Morgan fingerprint density at radius 2 is 1.95 bits per heavy atom. The Labute approximate surface area is 116 Å². The molecule has 0 aromatic heterocycles. The number of carbonyl (C=O) groups excluding carboxylic acids is 2. The van der Waals surface area contributed by atoms with E-state index in [4.69, 9.17) is 4.74 Å². The lowest BCUT2D eigenvalue weighted by atomic mass is 9.75. The Bertz CT molecular complexity index is 350. The third kappa shape index (κ3) is 3.01. The van der Waals surface area contributed by atoms with Gasteiger partial charge in [-0.05, 0) is 36.5 Å². The summed E-state index contributed by atoms with van der Waals surface area (Å²) in [6, 6.07) is 0. The van der Waals surface area contributed by atoms with Crippen LogP contribution in [0.15, 0.2) is 0 Å². The summed E-state index contributed by atoms with van der Waals surface area (Å²) in [5.74, 6) is 1.39. The van der Waals surface area contributed by atoms with Gasteiger partial charge in [0.15, 0.2) is 0 Å². The fraction of sp³-hybridized carbons (Fsp3) is 0.875. The highest BCUT2D eigenvalue weighted by atomic mass is 16.5. The molecule has 0 saturated heterocycles. The molecule has 3 heteroatoms. The molecule has 2 aliphatic carbocycles. The molecule has 19 heavy (non-hydrogen) atoms. The van der Waals surface area contributed by atoms with Crippen molar-refractivity contribution in [2.24, 2.45) is 35.5 Å². The fourth-order valence-electron chi connectivity index (χ4n) is 3.55. The number of esters is 1. The molecule has 0 heterocycles. The van der Waals surface area contributed by atoms with Crippen molar-refractivity contribution in [1.29, 1.82) is 0 Å². The van der Waals surface area contributed by atoms with Gasteiger partial charge in [-0.25, -0.2) is 0 Å². The van der Waals surface area contributed by atoms with E-state index in [-0.39, 0.29) is 29.8 Å². The zero-order valence-electron chi connectivity index (χ0n) is 12.5. The van der Waals surface area contributed by atoms with E-state index in [0.717, 1.165) is 19.1 Å². The van der Waals surface area contributed by atoms with Gasteiger partial charge in [-0.1, -0.05) is 34.1 Å². The zero-order valence-corrected chi connectivity index (χ0v) is 12.5. The summed E-state index contributed by atoms with van der Waals surface area (Å²) < 4.78 is 5.76. The van der Waals surface area contributed by atoms with Gasteiger partial charge in [0, 0.05) is 5.92 Å². The summed E-state index contributed by atoms with van der Waals surface area (Å²) in [5, 5.41) is 0. The van der Waals surface area contributed by atoms with Gasteiger partial charge < -0.3 is 9.53 Å². The van der Waals surface area contributed by atoms with E-state index in [1.807, 2.05) is 6.92 Å². The van der Waals surface area contributed by atoms with Gasteiger partial charge in [-0.2, -0.15) is 0 Å². The first-order valence-corrected chi connectivity index (χ1v) is 7.61. The molecule has 0 radical (unpaired) electrons. The van der Waals surface area contributed by atoms with Crippen LogP contribution in [0.4, 0.5) is 0 Å². The molecule has 2 saturated carbocycles. The number of hydrogen-bond acceptors (Lipinski definition) is 3.